The van der Waals surface area contributed by atoms with Gasteiger partial charge in [0.1, 0.15) is 6.54 Å². The number of carbonyl (C=O) groups excluding carboxylic acids is 3. The van der Waals surface area contributed by atoms with Crippen molar-refractivity contribution in [2.45, 2.75) is 22.6 Å². The first-order valence-electron chi connectivity index (χ1n) is 10.6. The van der Waals surface area contributed by atoms with Crippen molar-refractivity contribution in [2.75, 3.05) is 32.7 Å². The quantitative estimate of drug-likeness (QED) is 0.435. The Morgan fingerprint density at radius 2 is 1.47 bits per heavy atom. The normalized spacial score (nSPS) is 35.9. The van der Waals surface area contributed by atoms with Gasteiger partial charge in [0.2, 0.25) is 17.7 Å². The predicted molar refractivity (Wildman–Crippen MR) is 119 cm³/mol. The van der Waals surface area contributed by atoms with E-state index in [2.05, 4.69) is 48.9 Å². The van der Waals surface area contributed by atoms with Gasteiger partial charge in [-0.1, -0.05) is 62.2 Å². The van der Waals surface area contributed by atoms with Gasteiger partial charge in [0.25, 0.3) is 0 Å². The van der Waals surface area contributed by atoms with Crippen LogP contribution in [0.5, 0.6) is 0 Å². The highest BCUT2D eigenvalue weighted by Crippen LogP contribution is 2.60. The molecule has 2 bridgehead atoms. The van der Waals surface area contributed by atoms with Crippen molar-refractivity contribution in [2.24, 2.45) is 23.7 Å². The second-order valence-corrected chi connectivity index (χ2v) is 11.0. The largest absolute Gasteiger partial charge is 0.339 e. The van der Waals surface area contributed by atoms with E-state index in [0.29, 0.717) is 13.1 Å². The molecular formula is C22H25Br2N3O3. The van der Waals surface area contributed by atoms with Gasteiger partial charge in [-0.3, -0.25) is 24.2 Å². The molecule has 2 aliphatic carbocycles. The molecule has 4 aliphatic rings. The zero-order valence-corrected chi connectivity index (χ0v) is 19.8. The van der Waals surface area contributed by atoms with Crippen molar-refractivity contribution in [3.8, 4) is 0 Å². The number of amides is 3. The van der Waals surface area contributed by atoms with Crippen LogP contribution in [0, 0.1) is 23.7 Å². The topological polar surface area (TPSA) is 60.9 Å². The van der Waals surface area contributed by atoms with Gasteiger partial charge >= 0.3 is 0 Å². The third-order valence-electron chi connectivity index (χ3n) is 7.35. The fourth-order valence-corrected chi connectivity index (χ4v) is 7.67. The monoisotopic (exact) mass is 537 g/mol. The van der Waals surface area contributed by atoms with Crippen molar-refractivity contribution in [3.05, 3.63) is 35.9 Å². The fraction of sp³-hybridized carbons (Fsp3) is 0.591. The van der Waals surface area contributed by atoms with E-state index < -0.39 is 0 Å². The second kappa shape index (κ2) is 8.02. The molecule has 1 aromatic carbocycles. The second-order valence-electron chi connectivity index (χ2n) is 8.91. The lowest BCUT2D eigenvalue weighted by molar-refractivity contribution is -0.147. The predicted octanol–water partition coefficient (Wildman–Crippen LogP) is 2.11. The van der Waals surface area contributed by atoms with Crippen LogP contribution < -0.4 is 0 Å². The van der Waals surface area contributed by atoms with E-state index in [0.717, 1.165) is 26.1 Å². The summed E-state index contributed by atoms with van der Waals surface area (Å²) in [4.78, 5) is 44.7. The first-order chi connectivity index (χ1) is 14.5. The molecule has 0 radical (unpaired) electrons. The molecule has 0 N–H and O–H groups in total. The Labute approximate surface area is 193 Å². The van der Waals surface area contributed by atoms with E-state index in [1.165, 1.54) is 10.5 Å². The smallest absolute Gasteiger partial charge is 0.242 e. The highest BCUT2D eigenvalue weighted by atomic mass is 79.9. The van der Waals surface area contributed by atoms with Crippen molar-refractivity contribution in [3.63, 3.8) is 0 Å². The summed E-state index contributed by atoms with van der Waals surface area (Å²) in [6.07, 6.45) is 0.907. The zero-order chi connectivity index (χ0) is 21.0. The molecule has 6 atom stereocenters. The van der Waals surface area contributed by atoms with E-state index >= 15 is 0 Å². The van der Waals surface area contributed by atoms with Gasteiger partial charge in [0.15, 0.2) is 0 Å². The van der Waals surface area contributed by atoms with Gasteiger partial charge in [0.05, 0.1) is 11.8 Å². The minimum atomic E-state index is -0.254. The number of benzene rings is 1. The summed E-state index contributed by atoms with van der Waals surface area (Å²) in [7, 11) is 0. The molecular weight excluding hydrogens is 514 g/mol. The summed E-state index contributed by atoms with van der Waals surface area (Å²) in [6, 6.07) is 10.3. The number of hydrogen-bond acceptors (Lipinski definition) is 4. The van der Waals surface area contributed by atoms with Crippen LogP contribution in [0.25, 0.3) is 0 Å². The Kier molecular flexibility index (Phi) is 5.52. The number of likely N-dealkylation sites (tertiary alicyclic amines) is 1. The molecule has 0 aromatic heterocycles. The van der Waals surface area contributed by atoms with Gasteiger partial charge < -0.3 is 4.90 Å². The molecule has 2 saturated carbocycles. The van der Waals surface area contributed by atoms with E-state index in [-0.39, 0.29) is 57.6 Å². The molecule has 3 amide bonds. The Morgan fingerprint density at radius 1 is 0.900 bits per heavy atom. The molecule has 160 valence electrons. The Bertz CT molecular complexity index is 826. The van der Waals surface area contributed by atoms with Crippen molar-refractivity contribution in [1.29, 1.82) is 0 Å². The maximum Gasteiger partial charge on any atom is 0.242 e. The summed E-state index contributed by atoms with van der Waals surface area (Å²) in [5.74, 6) is -0.540. The SMILES string of the molecule is O=C(CN1C(=O)[C@@H]2[C@H]3C[C@@H]([C@H](Br)[C@@H]3Br)[C@@H]2C1=O)N1CCN(Cc2ccccc2)CC1. The first-order valence-corrected chi connectivity index (χ1v) is 12.5. The van der Waals surface area contributed by atoms with Gasteiger partial charge in [-0.05, 0) is 23.8 Å². The average molecular weight is 539 g/mol. The molecule has 6 nitrogen and oxygen atoms in total. The fourth-order valence-electron chi connectivity index (χ4n) is 5.80. The Balaban J connectivity index is 1.18. The van der Waals surface area contributed by atoms with Gasteiger partial charge in [-0.25, -0.2) is 0 Å². The minimum Gasteiger partial charge on any atom is -0.339 e. The third kappa shape index (κ3) is 3.35. The highest BCUT2D eigenvalue weighted by Gasteiger charge is 2.66. The number of hydrogen-bond donors (Lipinski definition) is 0. The van der Waals surface area contributed by atoms with E-state index in [9.17, 15) is 14.4 Å². The van der Waals surface area contributed by atoms with Crippen LogP contribution >= 0.6 is 31.9 Å². The molecule has 2 saturated heterocycles. The van der Waals surface area contributed by atoms with Crippen LogP contribution in [0.3, 0.4) is 0 Å². The number of fused-ring (bicyclic) bond motifs is 5. The zero-order valence-electron chi connectivity index (χ0n) is 16.6. The minimum absolute atomic E-state index is 0.108. The number of nitrogens with zero attached hydrogens (tertiary/aromatic N) is 3. The maximum absolute atomic E-state index is 13.0. The van der Waals surface area contributed by atoms with Crippen LogP contribution in [0.15, 0.2) is 30.3 Å². The first kappa shape index (κ1) is 20.6. The van der Waals surface area contributed by atoms with E-state index in [1.54, 1.807) is 4.90 Å². The Morgan fingerprint density at radius 3 is 2.03 bits per heavy atom. The standard InChI is InChI=1S/C22H25Br2N3O3/c23-19-14-10-15(20(19)24)18-17(14)21(29)27(22(18)30)12-16(28)26-8-6-25(7-9-26)11-13-4-2-1-3-5-13/h1-5,14-15,17-20H,6-12H2/t14-,15-,17-,18+,19-,20+/m1/s1. The molecule has 0 unspecified atom stereocenters. The van der Waals surface area contributed by atoms with Crippen LogP contribution in [-0.4, -0.2) is 74.8 Å². The van der Waals surface area contributed by atoms with Crippen LogP contribution in [-0.2, 0) is 20.9 Å². The van der Waals surface area contributed by atoms with E-state index in [4.69, 9.17) is 0 Å². The summed E-state index contributed by atoms with van der Waals surface area (Å²) >= 11 is 7.40. The van der Waals surface area contributed by atoms with Crippen LogP contribution in [0.1, 0.15) is 12.0 Å². The number of imide groups is 1. The molecule has 0 spiro atoms. The molecule has 30 heavy (non-hydrogen) atoms. The molecule has 2 aliphatic heterocycles. The summed E-state index contributed by atoms with van der Waals surface area (Å²) < 4.78 is 0. The number of rotatable bonds is 4. The lowest BCUT2D eigenvalue weighted by Crippen LogP contribution is -2.51. The number of carbonyl (C=O) groups is 3. The number of halogens is 2. The number of piperazine rings is 1. The van der Waals surface area contributed by atoms with Gasteiger partial charge in [0, 0.05) is 42.4 Å². The molecule has 8 heteroatoms. The van der Waals surface area contributed by atoms with Crippen molar-refractivity contribution in [1.82, 2.24) is 14.7 Å². The average Bonchev–Trinajstić information content (AvgIpc) is 3.36. The molecule has 2 heterocycles. The summed E-state index contributed by atoms with van der Waals surface area (Å²) in [5, 5.41) is 0. The van der Waals surface area contributed by atoms with E-state index in [1.807, 2.05) is 18.2 Å². The van der Waals surface area contributed by atoms with Gasteiger partial charge in [-0.2, -0.15) is 0 Å². The lowest BCUT2D eigenvalue weighted by atomic mass is 9.81. The van der Waals surface area contributed by atoms with Crippen molar-refractivity contribution < 1.29 is 14.4 Å². The lowest BCUT2D eigenvalue weighted by Gasteiger charge is -2.35. The molecule has 1 aromatic rings. The van der Waals surface area contributed by atoms with Gasteiger partial charge in [-0.15, -0.1) is 0 Å². The molecule has 5 rings (SSSR count). The van der Waals surface area contributed by atoms with Crippen LogP contribution in [0.2, 0.25) is 0 Å². The third-order valence-corrected chi connectivity index (χ3v) is 10.6. The molecule has 4 fully saturated rings. The maximum atomic E-state index is 13.0. The summed E-state index contributed by atoms with van der Waals surface area (Å²) in [6.45, 7) is 3.63. The van der Waals surface area contributed by atoms with Crippen molar-refractivity contribution >= 4 is 49.6 Å². The number of alkyl halides is 2. The van der Waals surface area contributed by atoms with Crippen LogP contribution in [0.4, 0.5) is 0 Å². The summed E-state index contributed by atoms with van der Waals surface area (Å²) in [5.41, 5.74) is 1.27. The Hall–Kier alpha value is -1.25. The highest BCUT2D eigenvalue weighted by molar-refractivity contribution is 9.12.